The van der Waals surface area contributed by atoms with Crippen molar-refractivity contribution in [2.75, 3.05) is 6.61 Å². The van der Waals surface area contributed by atoms with E-state index >= 15 is 0 Å². The zero-order chi connectivity index (χ0) is 20.1. The third kappa shape index (κ3) is 5.33. The number of alkyl halides is 3. The van der Waals surface area contributed by atoms with Gasteiger partial charge in [-0.3, -0.25) is 0 Å². The standard InChI is InChI=1S/C22H27F3OSi/c1-18(15-16-22(23,24)25)17-26-27(21(2,3)4,19-11-7-5-8-12-19)20-13-9-6-10-14-20/h5-16,18H,17H2,1-4H3. The van der Waals surface area contributed by atoms with Crippen molar-refractivity contribution in [3.63, 3.8) is 0 Å². The topological polar surface area (TPSA) is 9.23 Å². The summed E-state index contributed by atoms with van der Waals surface area (Å²) in [4.78, 5) is 0. The minimum absolute atomic E-state index is 0.191. The lowest BCUT2D eigenvalue weighted by atomic mass is 10.2. The predicted octanol–water partition coefficient (Wildman–Crippen LogP) is 5.32. The molecule has 1 atom stereocenters. The Morgan fingerprint density at radius 2 is 1.33 bits per heavy atom. The fourth-order valence-corrected chi connectivity index (χ4v) is 8.02. The first-order valence-corrected chi connectivity index (χ1v) is 11.0. The van der Waals surface area contributed by atoms with E-state index in [1.807, 2.05) is 36.4 Å². The van der Waals surface area contributed by atoms with Crippen molar-refractivity contribution < 1.29 is 17.6 Å². The summed E-state index contributed by atoms with van der Waals surface area (Å²) in [6.07, 6.45) is -2.82. The number of halogens is 3. The molecule has 2 aromatic rings. The molecule has 27 heavy (non-hydrogen) atoms. The van der Waals surface area contributed by atoms with Crippen LogP contribution in [0.25, 0.3) is 0 Å². The van der Waals surface area contributed by atoms with Gasteiger partial charge in [-0.25, -0.2) is 0 Å². The number of hydrogen-bond acceptors (Lipinski definition) is 1. The summed E-state index contributed by atoms with van der Waals surface area (Å²) in [6.45, 7) is 8.43. The van der Waals surface area contributed by atoms with Gasteiger partial charge in [-0.1, -0.05) is 94.4 Å². The van der Waals surface area contributed by atoms with Gasteiger partial charge in [0.1, 0.15) is 0 Å². The van der Waals surface area contributed by atoms with Gasteiger partial charge < -0.3 is 4.43 Å². The summed E-state index contributed by atoms with van der Waals surface area (Å²) in [5.74, 6) is -0.340. The van der Waals surface area contributed by atoms with E-state index in [1.165, 1.54) is 6.08 Å². The first-order valence-electron chi connectivity index (χ1n) is 9.07. The highest BCUT2D eigenvalue weighted by atomic mass is 28.4. The molecule has 1 nitrogen and oxygen atoms in total. The molecule has 0 saturated carbocycles. The van der Waals surface area contributed by atoms with E-state index in [-0.39, 0.29) is 17.6 Å². The molecule has 1 unspecified atom stereocenters. The normalized spacial score (nSPS) is 14.5. The third-order valence-corrected chi connectivity index (χ3v) is 9.60. The Morgan fingerprint density at radius 3 is 1.70 bits per heavy atom. The average Bonchev–Trinajstić information content (AvgIpc) is 2.60. The predicted molar refractivity (Wildman–Crippen MR) is 108 cm³/mol. The van der Waals surface area contributed by atoms with Crippen molar-refractivity contribution in [1.82, 2.24) is 0 Å². The van der Waals surface area contributed by atoms with Gasteiger partial charge in [0.2, 0.25) is 0 Å². The molecular formula is C22H27F3OSi. The Kier molecular flexibility index (Phi) is 6.71. The minimum atomic E-state index is -4.30. The highest BCUT2D eigenvalue weighted by Gasteiger charge is 2.50. The Morgan fingerprint density at radius 1 is 0.889 bits per heavy atom. The molecule has 0 aliphatic rings. The molecule has 146 valence electrons. The van der Waals surface area contributed by atoms with Gasteiger partial charge in [0.15, 0.2) is 0 Å². The maximum atomic E-state index is 12.5. The van der Waals surface area contributed by atoms with Gasteiger partial charge in [0.25, 0.3) is 8.32 Å². The van der Waals surface area contributed by atoms with E-state index < -0.39 is 14.5 Å². The highest BCUT2D eigenvalue weighted by Crippen LogP contribution is 2.37. The monoisotopic (exact) mass is 392 g/mol. The maximum Gasteiger partial charge on any atom is 0.409 e. The molecule has 0 aliphatic heterocycles. The number of benzene rings is 2. The second kappa shape index (κ2) is 8.44. The van der Waals surface area contributed by atoms with Gasteiger partial charge >= 0.3 is 6.18 Å². The van der Waals surface area contributed by atoms with Crippen molar-refractivity contribution in [3.05, 3.63) is 72.8 Å². The molecule has 0 amide bonds. The van der Waals surface area contributed by atoms with Gasteiger partial charge in [-0.15, -0.1) is 0 Å². The SMILES string of the molecule is CC(C=CC(F)(F)F)CO[Si](c1ccccc1)(c1ccccc1)C(C)(C)C. The van der Waals surface area contributed by atoms with Crippen LogP contribution in [0.1, 0.15) is 27.7 Å². The molecule has 0 radical (unpaired) electrons. The van der Waals surface area contributed by atoms with E-state index in [1.54, 1.807) is 6.92 Å². The van der Waals surface area contributed by atoms with Gasteiger partial charge in [0, 0.05) is 12.7 Å². The van der Waals surface area contributed by atoms with E-state index in [0.717, 1.165) is 10.4 Å². The van der Waals surface area contributed by atoms with Crippen LogP contribution in [0.5, 0.6) is 0 Å². The fourth-order valence-electron chi connectivity index (χ4n) is 3.35. The molecule has 0 fully saturated rings. The molecule has 0 bridgehead atoms. The summed E-state index contributed by atoms with van der Waals surface area (Å²) in [6, 6.07) is 20.2. The Hall–Kier alpha value is -1.85. The maximum absolute atomic E-state index is 12.5. The molecule has 0 N–H and O–H groups in total. The van der Waals surface area contributed by atoms with E-state index in [4.69, 9.17) is 4.43 Å². The van der Waals surface area contributed by atoms with Crippen LogP contribution < -0.4 is 10.4 Å². The lowest BCUT2D eigenvalue weighted by molar-refractivity contribution is -0.0802. The van der Waals surface area contributed by atoms with Crippen LogP contribution in [-0.4, -0.2) is 21.1 Å². The van der Waals surface area contributed by atoms with Crippen LogP contribution in [0, 0.1) is 5.92 Å². The number of allylic oxidation sites excluding steroid dienone is 1. The van der Waals surface area contributed by atoms with Crippen LogP contribution >= 0.6 is 0 Å². The van der Waals surface area contributed by atoms with Gasteiger partial charge in [-0.05, 0) is 21.3 Å². The summed E-state index contributed by atoms with van der Waals surface area (Å²) < 4.78 is 44.1. The lowest BCUT2D eigenvalue weighted by Crippen LogP contribution is -2.66. The average molecular weight is 393 g/mol. The third-order valence-electron chi connectivity index (χ3n) is 4.59. The van der Waals surface area contributed by atoms with E-state index in [2.05, 4.69) is 45.0 Å². The molecule has 0 saturated heterocycles. The second-order valence-corrected chi connectivity index (χ2v) is 12.2. The molecule has 0 aliphatic carbocycles. The van der Waals surface area contributed by atoms with Crippen LogP contribution in [0.4, 0.5) is 13.2 Å². The summed E-state index contributed by atoms with van der Waals surface area (Å²) in [7, 11) is -2.70. The van der Waals surface area contributed by atoms with E-state index in [0.29, 0.717) is 6.08 Å². The van der Waals surface area contributed by atoms with Crippen molar-refractivity contribution in [2.45, 2.75) is 38.9 Å². The second-order valence-electron chi connectivity index (χ2n) is 7.85. The first-order chi connectivity index (χ1) is 12.6. The van der Waals surface area contributed by atoms with Crippen molar-refractivity contribution >= 4 is 18.7 Å². The summed E-state index contributed by atoms with van der Waals surface area (Å²) in [5.41, 5.74) is 0. The summed E-state index contributed by atoms with van der Waals surface area (Å²) in [5, 5.41) is 2.05. The van der Waals surface area contributed by atoms with Crippen LogP contribution in [0.15, 0.2) is 72.8 Å². The highest BCUT2D eigenvalue weighted by molar-refractivity contribution is 6.99. The molecule has 0 heterocycles. The van der Waals surface area contributed by atoms with Crippen LogP contribution in [-0.2, 0) is 4.43 Å². The molecular weight excluding hydrogens is 365 g/mol. The van der Waals surface area contributed by atoms with Gasteiger partial charge in [-0.2, -0.15) is 13.2 Å². The molecule has 2 aromatic carbocycles. The number of hydrogen-bond donors (Lipinski definition) is 0. The lowest BCUT2D eigenvalue weighted by Gasteiger charge is -2.43. The molecule has 2 rings (SSSR count). The minimum Gasteiger partial charge on any atom is -0.407 e. The zero-order valence-corrected chi connectivity index (χ0v) is 17.3. The Labute approximate surface area is 161 Å². The summed E-state index contributed by atoms with van der Waals surface area (Å²) >= 11 is 0. The first kappa shape index (κ1) is 21.4. The van der Waals surface area contributed by atoms with Crippen molar-refractivity contribution in [1.29, 1.82) is 0 Å². The quantitative estimate of drug-likeness (QED) is 0.478. The number of rotatable bonds is 6. The van der Waals surface area contributed by atoms with Crippen molar-refractivity contribution in [2.24, 2.45) is 5.92 Å². The van der Waals surface area contributed by atoms with Crippen LogP contribution in [0.2, 0.25) is 5.04 Å². The van der Waals surface area contributed by atoms with Gasteiger partial charge in [0.05, 0.1) is 0 Å². The Balaban J connectivity index is 2.45. The molecule has 0 aromatic heterocycles. The van der Waals surface area contributed by atoms with Crippen LogP contribution in [0.3, 0.4) is 0 Å². The molecule has 5 heteroatoms. The smallest absolute Gasteiger partial charge is 0.407 e. The Bertz CT molecular complexity index is 694. The zero-order valence-electron chi connectivity index (χ0n) is 16.3. The van der Waals surface area contributed by atoms with Crippen molar-refractivity contribution in [3.8, 4) is 0 Å². The molecule has 0 spiro atoms. The van der Waals surface area contributed by atoms with E-state index in [9.17, 15) is 13.2 Å². The largest absolute Gasteiger partial charge is 0.409 e. The fraction of sp³-hybridized carbons (Fsp3) is 0.364.